The number of hydrogen-bond acceptors (Lipinski definition) is 6. The molecule has 2 heterocycles. The minimum absolute atomic E-state index is 0.0393. The van der Waals surface area contributed by atoms with E-state index in [4.69, 9.17) is 9.84 Å². The first kappa shape index (κ1) is 12.2. The summed E-state index contributed by atoms with van der Waals surface area (Å²) in [7, 11) is 1.41. The molecule has 1 saturated heterocycles. The van der Waals surface area contributed by atoms with Crippen LogP contribution in [0.2, 0.25) is 0 Å². The third-order valence-corrected chi connectivity index (χ3v) is 2.61. The van der Waals surface area contributed by atoms with Gasteiger partial charge in [-0.05, 0) is 6.92 Å². The van der Waals surface area contributed by atoms with Crippen molar-refractivity contribution in [1.82, 2.24) is 15.0 Å². The van der Waals surface area contributed by atoms with Gasteiger partial charge in [-0.2, -0.15) is 15.0 Å². The van der Waals surface area contributed by atoms with Gasteiger partial charge in [0.2, 0.25) is 11.9 Å². The number of ether oxygens (including phenoxy) is 1. The predicted octanol–water partition coefficient (Wildman–Crippen LogP) is -0.374. The molecule has 96 valence electrons. The van der Waals surface area contributed by atoms with Crippen molar-refractivity contribution in [2.45, 2.75) is 13.3 Å². The van der Waals surface area contributed by atoms with E-state index >= 15 is 0 Å². The third kappa shape index (κ3) is 2.22. The van der Waals surface area contributed by atoms with Crippen LogP contribution in [0.15, 0.2) is 0 Å². The molecule has 0 bridgehead atoms. The second-order valence-corrected chi connectivity index (χ2v) is 3.91. The summed E-state index contributed by atoms with van der Waals surface area (Å²) in [5, 5.41) is 8.89. The molecule has 0 saturated carbocycles. The van der Waals surface area contributed by atoms with Gasteiger partial charge in [0.1, 0.15) is 5.82 Å². The largest absolute Gasteiger partial charge is 0.481 e. The van der Waals surface area contributed by atoms with Gasteiger partial charge in [0.05, 0.1) is 13.0 Å². The van der Waals surface area contributed by atoms with E-state index < -0.39 is 11.9 Å². The second kappa shape index (κ2) is 4.55. The van der Waals surface area contributed by atoms with E-state index in [-0.39, 0.29) is 30.8 Å². The lowest BCUT2D eigenvalue weighted by Crippen LogP contribution is -2.28. The number of aryl methyl sites for hydroxylation is 1. The standard InChI is InChI=1S/C10H12N4O4/c1-5-11-9(13-10(12-5)18-2)14-4-6(8(16)17)3-7(14)15/h6H,3-4H2,1-2H3,(H,16,17). The Morgan fingerprint density at radius 2 is 2.17 bits per heavy atom. The number of carboxylic acid groups (broad SMARTS) is 1. The maximum Gasteiger partial charge on any atom is 0.321 e. The Morgan fingerprint density at radius 3 is 2.72 bits per heavy atom. The molecule has 8 nitrogen and oxygen atoms in total. The smallest absolute Gasteiger partial charge is 0.321 e. The number of carbonyl (C=O) groups excluding carboxylic acids is 1. The number of methoxy groups -OCH3 is 1. The first-order chi connectivity index (χ1) is 8.51. The summed E-state index contributed by atoms with van der Waals surface area (Å²) in [6.45, 7) is 1.71. The normalized spacial score (nSPS) is 19.1. The highest BCUT2D eigenvalue weighted by Crippen LogP contribution is 2.23. The SMILES string of the molecule is COc1nc(C)nc(N2CC(C(=O)O)CC2=O)n1. The zero-order chi connectivity index (χ0) is 13.3. The first-order valence-electron chi connectivity index (χ1n) is 5.31. The van der Waals surface area contributed by atoms with Crippen LogP contribution < -0.4 is 9.64 Å². The fourth-order valence-electron chi connectivity index (χ4n) is 1.72. The van der Waals surface area contributed by atoms with Gasteiger partial charge in [0.25, 0.3) is 0 Å². The van der Waals surface area contributed by atoms with Crippen LogP contribution in [-0.4, -0.2) is 45.6 Å². The maximum absolute atomic E-state index is 11.7. The number of carboxylic acids is 1. The van der Waals surface area contributed by atoms with Crippen molar-refractivity contribution >= 4 is 17.8 Å². The summed E-state index contributed by atoms with van der Waals surface area (Å²) in [5.41, 5.74) is 0. The van der Waals surface area contributed by atoms with Gasteiger partial charge in [0.15, 0.2) is 0 Å². The fraction of sp³-hybridized carbons (Fsp3) is 0.500. The molecule has 1 aliphatic rings. The van der Waals surface area contributed by atoms with E-state index in [0.717, 1.165) is 0 Å². The summed E-state index contributed by atoms with van der Waals surface area (Å²) >= 11 is 0. The Balaban J connectivity index is 2.29. The molecule has 1 amide bonds. The molecule has 0 radical (unpaired) electrons. The Morgan fingerprint density at radius 1 is 1.44 bits per heavy atom. The molecule has 18 heavy (non-hydrogen) atoms. The Hall–Kier alpha value is -2.25. The number of rotatable bonds is 3. The maximum atomic E-state index is 11.7. The number of hydrogen-bond donors (Lipinski definition) is 1. The highest BCUT2D eigenvalue weighted by molar-refractivity contribution is 5.97. The monoisotopic (exact) mass is 252 g/mol. The lowest BCUT2D eigenvalue weighted by atomic mass is 10.1. The molecule has 1 fully saturated rings. The van der Waals surface area contributed by atoms with Gasteiger partial charge < -0.3 is 9.84 Å². The van der Waals surface area contributed by atoms with Crippen molar-refractivity contribution in [3.63, 3.8) is 0 Å². The zero-order valence-corrected chi connectivity index (χ0v) is 9.95. The van der Waals surface area contributed by atoms with E-state index in [2.05, 4.69) is 15.0 Å². The molecular weight excluding hydrogens is 240 g/mol. The minimum atomic E-state index is -0.997. The van der Waals surface area contributed by atoms with Gasteiger partial charge in [-0.3, -0.25) is 14.5 Å². The molecule has 1 aromatic rings. The van der Waals surface area contributed by atoms with Crippen LogP contribution in [0.4, 0.5) is 5.95 Å². The highest BCUT2D eigenvalue weighted by atomic mass is 16.5. The molecule has 1 aliphatic heterocycles. The minimum Gasteiger partial charge on any atom is -0.481 e. The lowest BCUT2D eigenvalue weighted by Gasteiger charge is -2.14. The van der Waals surface area contributed by atoms with Gasteiger partial charge >= 0.3 is 12.0 Å². The van der Waals surface area contributed by atoms with Crippen LogP contribution >= 0.6 is 0 Å². The van der Waals surface area contributed by atoms with E-state index in [1.165, 1.54) is 12.0 Å². The summed E-state index contributed by atoms with van der Waals surface area (Å²) in [4.78, 5) is 35.7. The summed E-state index contributed by atoms with van der Waals surface area (Å²) < 4.78 is 4.89. The average Bonchev–Trinajstić information content (AvgIpc) is 2.70. The second-order valence-electron chi connectivity index (χ2n) is 3.91. The van der Waals surface area contributed by atoms with E-state index in [9.17, 15) is 9.59 Å². The highest BCUT2D eigenvalue weighted by Gasteiger charge is 2.36. The number of nitrogens with zero attached hydrogens (tertiary/aromatic N) is 4. The predicted molar refractivity (Wildman–Crippen MR) is 59.2 cm³/mol. The quantitative estimate of drug-likeness (QED) is 0.781. The van der Waals surface area contributed by atoms with E-state index in [0.29, 0.717) is 5.82 Å². The topological polar surface area (TPSA) is 106 Å². The number of aliphatic carboxylic acids is 1. The van der Waals surface area contributed by atoms with Gasteiger partial charge in [0, 0.05) is 13.0 Å². The molecule has 1 N–H and O–H groups in total. The molecule has 1 atom stereocenters. The van der Waals surface area contributed by atoms with Crippen LogP contribution in [0.1, 0.15) is 12.2 Å². The van der Waals surface area contributed by atoms with Crippen molar-refractivity contribution in [2.75, 3.05) is 18.6 Å². The van der Waals surface area contributed by atoms with Crippen molar-refractivity contribution in [3.8, 4) is 6.01 Å². The Labute approximate surface area is 103 Å². The molecular formula is C10H12N4O4. The molecule has 1 aromatic heterocycles. The molecule has 2 rings (SSSR count). The van der Waals surface area contributed by atoms with Crippen LogP contribution in [0.3, 0.4) is 0 Å². The molecule has 8 heteroatoms. The summed E-state index contributed by atoms with van der Waals surface area (Å²) in [5.74, 6) is -1.49. The summed E-state index contributed by atoms with van der Waals surface area (Å²) in [6.07, 6.45) is -0.0393. The molecule has 0 aromatic carbocycles. The Bertz CT molecular complexity index is 505. The number of carbonyl (C=O) groups is 2. The van der Waals surface area contributed by atoms with Crippen molar-refractivity contribution < 1.29 is 19.4 Å². The van der Waals surface area contributed by atoms with Crippen LogP contribution in [0.25, 0.3) is 0 Å². The van der Waals surface area contributed by atoms with Crippen molar-refractivity contribution in [1.29, 1.82) is 0 Å². The molecule has 0 aliphatic carbocycles. The zero-order valence-electron chi connectivity index (χ0n) is 9.95. The van der Waals surface area contributed by atoms with E-state index in [1.54, 1.807) is 6.92 Å². The summed E-state index contributed by atoms with van der Waals surface area (Å²) in [6, 6.07) is 0.101. The van der Waals surface area contributed by atoms with Gasteiger partial charge in [-0.15, -0.1) is 0 Å². The van der Waals surface area contributed by atoms with Crippen LogP contribution in [0, 0.1) is 12.8 Å². The third-order valence-electron chi connectivity index (χ3n) is 2.61. The first-order valence-corrected chi connectivity index (χ1v) is 5.31. The average molecular weight is 252 g/mol. The van der Waals surface area contributed by atoms with Crippen molar-refractivity contribution in [3.05, 3.63) is 5.82 Å². The number of aromatic nitrogens is 3. The van der Waals surface area contributed by atoms with Crippen LogP contribution in [-0.2, 0) is 9.59 Å². The lowest BCUT2D eigenvalue weighted by molar-refractivity contribution is -0.141. The molecule has 1 unspecified atom stereocenters. The Kier molecular flexibility index (Phi) is 3.09. The molecule has 0 spiro atoms. The number of anilines is 1. The number of amides is 1. The van der Waals surface area contributed by atoms with Gasteiger partial charge in [-0.25, -0.2) is 0 Å². The van der Waals surface area contributed by atoms with Crippen LogP contribution in [0.5, 0.6) is 6.01 Å². The van der Waals surface area contributed by atoms with E-state index in [1.807, 2.05) is 0 Å². The fourth-order valence-corrected chi connectivity index (χ4v) is 1.72. The van der Waals surface area contributed by atoms with Crippen molar-refractivity contribution in [2.24, 2.45) is 5.92 Å². The van der Waals surface area contributed by atoms with Gasteiger partial charge in [-0.1, -0.05) is 0 Å².